The van der Waals surface area contributed by atoms with Crippen LogP contribution < -0.4 is 10.6 Å². The van der Waals surface area contributed by atoms with Crippen molar-refractivity contribution in [1.82, 2.24) is 5.32 Å². The number of rotatable bonds is 7. The molecule has 2 N–H and O–H groups in total. The molecule has 0 saturated carbocycles. The van der Waals surface area contributed by atoms with Crippen LogP contribution in [0.5, 0.6) is 0 Å². The predicted octanol–water partition coefficient (Wildman–Crippen LogP) is 3.73. The highest BCUT2D eigenvalue weighted by atomic mass is 16.1. The van der Waals surface area contributed by atoms with Crippen LogP contribution in [0.15, 0.2) is 24.3 Å². The van der Waals surface area contributed by atoms with Gasteiger partial charge in [-0.2, -0.15) is 0 Å². The molecule has 0 aromatic heterocycles. The molecule has 0 radical (unpaired) electrons. The topological polar surface area (TPSA) is 41.1 Å². The molecule has 0 aliphatic rings. The Morgan fingerprint density at radius 3 is 2.32 bits per heavy atom. The van der Waals surface area contributed by atoms with Gasteiger partial charge in [0, 0.05) is 18.2 Å². The highest BCUT2D eigenvalue weighted by Crippen LogP contribution is 2.16. The first kappa shape index (κ1) is 15.7. The molecular formula is C16H26N2O. The Kier molecular flexibility index (Phi) is 6.57. The monoisotopic (exact) mass is 262 g/mol. The van der Waals surface area contributed by atoms with Gasteiger partial charge in [0.1, 0.15) is 0 Å². The van der Waals surface area contributed by atoms with Crippen molar-refractivity contribution in [2.24, 2.45) is 5.92 Å². The lowest BCUT2D eigenvalue weighted by molar-refractivity contribution is -0.116. The van der Waals surface area contributed by atoms with Crippen LogP contribution in [0, 0.1) is 5.92 Å². The van der Waals surface area contributed by atoms with Crippen molar-refractivity contribution in [3.63, 3.8) is 0 Å². The quantitative estimate of drug-likeness (QED) is 0.786. The number of benzene rings is 1. The molecular weight excluding hydrogens is 236 g/mol. The van der Waals surface area contributed by atoms with Gasteiger partial charge >= 0.3 is 0 Å². The van der Waals surface area contributed by atoms with Gasteiger partial charge in [0.05, 0.1) is 0 Å². The fraction of sp³-hybridized carbons (Fsp3) is 0.562. The number of hydrogen-bond acceptors (Lipinski definition) is 2. The third-order valence-electron chi connectivity index (χ3n) is 2.99. The average Bonchev–Trinajstić information content (AvgIpc) is 2.35. The van der Waals surface area contributed by atoms with E-state index in [0.717, 1.165) is 18.7 Å². The third kappa shape index (κ3) is 5.88. The van der Waals surface area contributed by atoms with Crippen molar-refractivity contribution >= 4 is 11.6 Å². The van der Waals surface area contributed by atoms with Crippen LogP contribution in [0.25, 0.3) is 0 Å². The van der Waals surface area contributed by atoms with Gasteiger partial charge in [0.25, 0.3) is 0 Å². The normalized spacial score (nSPS) is 12.5. The summed E-state index contributed by atoms with van der Waals surface area (Å²) < 4.78 is 0. The number of hydrogen-bond donors (Lipinski definition) is 2. The zero-order valence-corrected chi connectivity index (χ0v) is 12.5. The second-order valence-corrected chi connectivity index (χ2v) is 5.44. The van der Waals surface area contributed by atoms with Gasteiger partial charge in [0.15, 0.2) is 0 Å². The molecule has 0 fully saturated rings. The van der Waals surface area contributed by atoms with Crippen LogP contribution in [0.4, 0.5) is 5.69 Å². The van der Waals surface area contributed by atoms with Crippen molar-refractivity contribution in [1.29, 1.82) is 0 Å². The Hall–Kier alpha value is -1.35. The van der Waals surface area contributed by atoms with Gasteiger partial charge in [0.2, 0.25) is 5.91 Å². The third-order valence-corrected chi connectivity index (χ3v) is 2.99. The van der Waals surface area contributed by atoms with E-state index in [4.69, 9.17) is 0 Å². The van der Waals surface area contributed by atoms with Gasteiger partial charge in [-0.1, -0.05) is 32.9 Å². The molecule has 1 atom stereocenters. The van der Waals surface area contributed by atoms with E-state index < -0.39 is 0 Å². The summed E-state index contributed by atoms with van der Waals surface area (Å²) in [5, 5.41) is 6.37. The summed E-state index contributed by atoms with van der Waals surface area (Å²) in [6, 6.07) is 8.42. The lowest BCUT2D eigenvalue weighted by Crippen LogP contribution is -2.19. The summed E-state index contributed by atoms with van der Waals surface area (Å²) in [7, 11) is 0. The van der Waals surface area contributed by atoms with Gasteiger partial charge in [-0.05, 0) is 43.5 Å². The summed E-state index contributed by atoms with van der Waals surface area (Å²) in [4.78, 5) is 11.7. The fourth-order valence-corrected chi connectivity index (χ4v) is 1.92. The molecule has 0 bridgehead atoms. The number of carbonyl (C=O) groups is 1. The van der Waals surface area contributed by atoms with Crippen molar-refractivity contribution < 1.29 is 4.79 Å². The Bertz CT molecular complexity index is 384. The molecule has 106 valence electrons. The van der Waals surface area contributed by atoms with Crippen molar-refractivity contribution in [2.45, 2.75) is 46.6 Å². The Labute approximate surface area is 116 Å². The maximum absolute atomic E-state index is 11.7. The molecule has 1 amide bonds. The zero-order valence-electron chi connectivity index (χ0n) is 12.5. The highest BCUT2D eigenvalue weighted by Gasteiger charge is 2.07. The number of carbonyl (C=O) groups excluding carboxylic acids is 1. The number of amides is 1. The minimum Gasteiger partial charge on any atom is -0.326 e. The molecule has 1 aromatic carbocycles. The van der Waals surface area contributed by atoms with Gasteiger partial charge in [-0.25, -0.2) is 0 Å². The van der Waals surface area contributed by atoms with E-state index in [-0.39, 0.29) is 5.91 Å². The maximum atomic E-state index is 11.7. The molecule has 19 heavy (non-hydrogen) atoms. The molecule has 0 saturated heterocycles. The van der Waals surface area contributed by atoms with Gasteiger partial charge in [-0.3, -0.25) is 4.79 Å². The first-order valence-electron chi connectivity index (χ1n) is 7.16. The van der Waals surface area contributed by atoms with Crippen LogP contribution in [0.1, 0.15) is 52.1 Å². The van der Waals surface area contributed by atoms with Crippen LogP contribution in [-0.4, -0.2) is 12.5 Å². The van der Waals surface area contributed by atoms with E-state index in [9.17, 15) is 4.79 Å². The average molecular weight is 262 g/mol. The van der Waals surface area contributed by atoms with Crippen molar-refractivity contribution in [2.75, 3.05) is 11.9 Å². The Morgan fingerprint density at radius 1 is 1.16 bits per heavy atom. The van der Waals surface area contributed by atoms with E-state index in [1.165, 1.54) is 5.56 Å². The molecule has 0 heterocycles. The van der Waals surface area contributed by atoms with Gasteiger partial charge < -0.3 is 10.6 Å². The van der Waals surface area contributed by atoms with E-state index >= 15 is 0 Å². The van der Waals surface area contributed by atoms with Crippen LogP contribution >= 0.6 is 0 Å². The van der Waals surface area contributed by atoms with Crippen molar-refractivity contribution in [3.8, 4) is 0 Å². The standard InChI is InChI=1S/C16H26N2O/c1-5-10-17-13(4)14-6-8-15(9-7-14)18-16(19)11-12(2)3/h6-9,12-13,17H,5,10-11H2,1-4H3,(H,18,19). The molecule has 0 aliphatic heterocycles. The Morgan fingerprint density at radius 2 is 1.79 bits per heavy atom. The maximum Gasteiger partial charge on any atom is 0.224 e. The van der Waals surface area contributed by atoms with Crippen LogP contribution in [0.3, 0.4) is 0 Å². The minimum absolute atomic E-state index is 0.0832. The largest absolute Gasteiger partial charge is 0.326 e. The lowest BCUT2D eigenvalue weighted by atomic mass is 10.1. The van der Waals surface area contributed by atoms with Crippen LogP contribution in [0.2, 0.25) is 0 Å². The number of nitrogens with one attached hydrogen (secondary N) is 2. The second kappa shape index (κ2) is 7.95. The van der Waals surface area contributed by atoms with Crippen LogP contribution in [-0.2, 0) is 4.79 Å². The van der Waals surface area contributed by atoms with E-state index in [1.54, 1.807) is 0 Å². The molecule has 3 nitrogen and oxygen atoms in total. The first-order chi connectivity index (χ1) is 9.02. The smallest absolute Gasteiger partial charge is 0.224 e. The second-order valence-electron chi connectivity index (χ2n) is 5.44. The molecule has 0 spiro atoms. The summed E-state index contributed by atoms with van der Waals surface area (Å²) in [5.41, 5.74) is 2.12. The zero-order chi connectivity index (χ0) is 14.3. The minimum atomic E-state index is 0.0832. The predicted molar refractivity (Wildman–Crippen MR) is 81.2 cm³/mol. The first-order valence-corrected chi connectivity index (χ1v) is 7.16. The molecule has 0 aliphatic carbocycles. The SMILES string of the molecule is CCCNC(C)c1ccc(NC(=O)CC(C)C)cc1. The lowest BCUT2D eigenvalue weighted by Gasteiger charge is -2.14. The Balaban J connectivity index is 2.53. The summed E-state index contributed by atoms with van der Waals surface area (Å²) in [6.07, 6.45) is 1.70. The van der Waals surface area contributed by atoms with Gasteiger partial charge in [-0.15, -0.1) is 0 Å². The molecule has 1 aromatic rings. The summed E-state index contributed by atoms with van der Waals surface area (Å²) in [6.45, 7) is 9.43. The summed E-state index contributed by atoms with van der Waals surface area (Å²) >= 11 is 0. The molecule has 3 heteroatoms. The fourth-order valence-electron chi connectivity index (χ4n) is 1.92. The highest BCUT2D eigenvalue weighted by molar-refractivity contribution is 5.90. The van der Waals surface area contributed by atoms with E-state index in [2.05, 4.69) is 36.6 Å². The molecule has 1 unspecified atom stereocenters. The molecule has 1 rings (SSSR count). The number of anilines is 1. The summed E-state index contributed by atoms with van der Waals surface area (Å²) in [5.74, 6) is 0.470. The van der Waals surface area contributed by atoms with E-state index in [1.807, 2.05) is 26.0 Å². The van der Waals surface area contributed by atoms with Crippen molar-refractivity contribution in [3.05, 3.63) is 29.8 Å². The van der Waals surface area contributed by atoms with E-state index in [0.29, 0.717) is 18.4 Å².